The molecule has 0 amide bonds. The third-order valence-corrected chi connectivity index (χ3v) is 5.54. The highest BCUT2D eigenvalue weighted by atomic mass is 32.2. The summed E-state index contributed by atoms with van der Waals surface area (Å²) in [6.07, 6.45) is 2.99. The van der Waals surface area contributed by atoms with Gasteiger partial charge in [0.2, 0.25) is 0 Å². The first kappa shape index (κ1) is 12.6. The lowest BCUT2D eigenvalue weighted by atomic mass is 9.92. The molecule has 1 atom stereocenters. The summed E-state index contributed by atoms with van der Waals surface area (Å²) in [7, 11) is -1.01. The molecule has 1 unspecified atom stereocenters. The molecule has 0 fully saturated rings. The molecule has 2 aromatic rings. The van der Waals surface area contributed by atoms with Crippen molar-refractivity contribution in [3.63, 3.8) is 0 Å². The molecule has 0 saturated heterocycles. The first-order valence-corrected chi connectivity index (χ1v) is 8.04. The van der Waals surface area contributed by atoms with Crippen molar-refractivity contribution in [3.8, 4) is 0 Å². The Kier molecular flexibility index (Phi) is 3.28. The highest BCUT2D eigenvalue weighted by Crippen LogP contribution is 2.34. The molecule has 1 aliphatic heterocycles. The maximum atomic E-state index is 12.7. The predicted molar refractivity (Wildman–Crippen MR) is 79.1 cm³/mol. The first-order valence-electron chi connectivity index (χ1n) is 6.89. The Hall–Kier alpha value is -1.41. The maximum absolute atomic E-state index is 12.7. The van der Waals surface area contributed by atoms with Crippen LogP contribution in [0.5, 0.6) is 0 Å². The van der Waals surface area contributed by atoms with Crippen LogP contribution in [0, 0.1) is 0 Å². The molecular weight excluding hydrogens is 252 g/mol. The van der Waals surface area contributed by atoms with Crippen LogP contribution < -0.4 is 0 Å². The summed E-state index contributed by atoms with van der Waals surface area (Å²) in [6, 6.07) is 12.3. The second-order valence-electron chi connectivity index (χ2n) is 4.94. The van der Waals surface area contributed by atoms with Crippen molar-refractivity contribution in [1.29, 1.82) is 0 Å². The number of hydrogen-bond acceptors (Lipinski definition) is 1. The molecule has 0 aliphatic carbocycles. The van der Waals surface area contributed by atoms with Crippen LogP contribution in [0.3, 0.4) is 0 Å². The van der Waals surface area contributed by atoms with E-state index in [9.17, 15) is 4.21 Å². The van der Waals surface area contributed by atoms with Gasteiger partial charge in [-0.25, -0.2) is 4.21 Å². The number of fused-ring (bicyclic) bond motifs is 2. The Bertz CT molecular complexity index is 658. The summed E-state index contributed by atoms with van der Waals surface area (Å²) in [5.41, 5.74) is 5.33. The molecular formula is C17H18OS. The molecule has 0 spiro atoms. The van der Waals surface area contributed by atoms with E-state index in [1.165, 1.54) is 22.3 Å². The second-order valence-corrected chi connectivity index (χ2v) is 6.36. The fraction of sp³-hybridized carbons (Fsp3) is 0.294. The quantitative estimate of drug-likeness (QED) is 0.690. The summed E-state index contributed by atoms with van der Waals surface area (Å²) in [4.78, 5) is 2.01. The molecule has 0 N–H and O–H groups in total. The minimum Gasteiger partial charge on any atom is -0.249 e. The topological polar surface area (TPSA) is 17.1 Å². The molecule has 0 saturated carbocycles. The van der Waals surface area contributed by atoms with Crippen LogP contribution in [0.4, 0.5) is 0 Å². The highest BCUT2D eigenvalue weighted by molar-refractivity contribution is 7.85. The van der Waals surface area contributed by atoms with Gasteiger partial charge in [-0.1, -0.05) is 38.1 Å². The lowest BCUT2D eigenvalue weighted by Crippen LogP contribution is -2.13. The summed E-state index contributed by atoms with van der Waals surface area (Å²) in [5.74, 6) is 0. The number of rotatable bonds is 2. The Labute approximate surface area is 117 Å². The van der Waals surface area contributed by atoms with E-state index < -0.39 is 10.8 Å². The average molecular weight is 270 g/mol. The second kappa shape index (κ2) is 4.93. The molecule has 3 rings (SSSR count). The molecule has 0 aromatic heterocycles. The fourth-order valence-corrected chi connectivity index (χ4v) is 4.43. The maximum Gasteiger partial charge on any atom is 0.0855 e. The molecule has 2 aromatic carbocycles. The van der Waals surface area contributed by atoms with E-state index in [-0.39, 0.29) is 0 Å². The van der Waals surface area contributed by atoms with Crippen molar-refractivity contribution >= 4 is 10.8 Å². The molecule has 0 bridgehead atoms. The van der Waals surface area contributed by atoms with E-state index in [4.69, 9.17) is 0 Å². The normalized spacial score (nSPS) is 16.8. The van der Waals surface area contributed by atoms with Crippen LogP contribution in [0.15, 0.2) is 46.2 Å². The highest BCUT2D eigenvalue weighted by Gasteiger charge is 2.24. The summed E-state index contributed by atoms with van der Waals surface area (Å²) in [5, 5.41) is 0. The van der Waals surface area contributed by atoms with Crippen molar-refractivity contribution in [2.75, 3.05) is 0 Å². The number of hydrogen-bond donors (Lipinski definition) is 0. The lowest BCUT2D eigenvalue weighted by molar-refractivity contribution is 0.679. The third kappa shape index (κ3) is 1.95. The van der Waals surface area contributed by atoms with Gasteiger partial charge in [0.05, 0.1) is 10.8 Å². The van der Waals surface area contributed by atoms with Crippen molar-refractivity contribution in [2.24, 2.45) is 0 Å². The summed E-state index contributed by atoms with van der Waals surface area (Å²) >= 11 is 0. The van der Waals surface area contributed by atoms with E-state index >= 15 is 0 Å². The number of benzene rings is 2. The minimum atomic E-state index is -1.01. The van der Waals surface area contributed by atoms with E-state index in [1.807, 2.05) is 18.2 Å². The van der Waals surface area contributed by atoms with Gasteiger partial charge < -0.3 is 0 Å². The monoisotopic (exact) mass is 270 g/mol. The Morgan fingerprint density at radius 1 is 1.00 bits per heavy atom. The predicted octanol–water partition coefficient (Wildman–Crippen LogP) is 3.88. The molecule has 2 heteroatoms. The van der Waals surface area contributed by atoms with Gasteiger partial charge in [0.25, 0.3) is 0 Å². The van der Waals surface area contributed by atoms with E-state index in [1.54, 1.807) is 0 Å². The first-order chi connectivity index (χ1) is 9.26. The van der Waals surface area contributed by atoms with Crippen LogP contribution in [-0.4, -0.2) is 4.21 Å². The van der Waals surface area contributed by atoms with Crippen molar-refractivity contribution < 1.29 is 4.21 Å². The van der Waals surface area contributed by atoms with Gasteiger partial charge in [0.1, 0.15) is 0 Å². The van der Waals surface area contributed by atoms with Crippen LogP contribution in [0.1, 0.15) is 36.1 Å². The zero-order valence-corrected chi connectivity index (χ0v) is 12.2. The molecule has 0 radical (unpaired) electrons. The Morgan fingerprint density at radius 3 is 2.53 bits per heavy atom. The zero-order chi connectivity index (χ0) is 13.4. The van der Waals surface area contributed by atoms with E-state index in [2.05, 4.69) is 32.0 Å². The largest absolute Gasteiger partial charge is 0.249 e. The standard InChI is InChI=1S/C17H18OS/c1-3-12-9-10-17-15(14(12)4-2)11-13-7-5-6-8-16(13)19(17)18/h5-10H,3-4,11H2,1-2H3. The van der Waals surface area contributed by atoms with Crippen LogP contribution in [0.25, 0.3) is 0 Å². The van der Waals surface area contributed by atoms with Gasteiger partial charge in [-0.15, -0.1) is 0 Å². The van der Waals surface area contributed by atoms with Crippen LogP contribution in [0.2, 0.25) is 0 Å². The molecule has 1 aliphatic rings. The fourth-order valence-electron chi connectivity index (χ4n) is 3.00. The SMILES string of the molecule is CCc1ccc2c(c1CC)Cc1ccccc1S2=O. The van der Waals surface area contributed by atoms with E-state index in [0.29, 0.717) is 0 Å². The summed E-state index contributed by atoms with van der Waals surface area (Å²) < 4.78 is 12.7. The lowest BCUT2D eigenvalue weighted by Gasteiger charge is -2.23. The van der Waals surface area contributed by atoms with Crippen molar-refractivity contribution in [1.82, 2.24) is 0 Å². The van der Waals surface area contributed by atoms with E-state index in [0.717, 1.165) is 29.1 Å². The van der Waals surface area contributed by atoms with Crippen molar-refractivity contribution in [2.45, 2.75) is 42.9 Å². The minimum absolute atomic E-state index is 0.925. The van der Waals surface area contributed by atoms with Gasteiger partial charge in [0, 0.05) is 16.2 Å². The third-order valence-electron chi connectivity index (χ3n) is 3.96. The van der Waals surface area contributed by atoms with Gasteiger partial charge in [-0.05, 0) is 47.2 Å². The zero-order valence-electron chi connectivity index (χ0n) is 11.4. The van der Waals surface area contributed by atoms with Crippen molar-refractivity contribution in [3.05, 3.63) is 58.7 Å². The molecule has 1 nitrogen and oxygen atoms in total. The molecule has 19 heavy (non-hydrogen) atoms. The van der Waals surface area contributed by atoms with Gasteiger partial charge in [-0.2, -0.15) is 0 Å². The molecule has 98 valence electrons. The van der Waals surface area contributed by atoms with Crippen LogP contribution >= 0.6 is 0 Å². The Balaban J connectivity index is 2.23. The Morgan fingerprint density at radius 2 is 1.79 bits per heavy atom. The average Bonchev–Trinajstić information content (AvgIpc) is 2.46. The summed E-state index contributed by atoms with van der Waals surface area (Å²) in [6.45, 7) is 4.38. The van der Waals surface area contributed by atoms with Gasteiger partial charge >= 0.3 is 0 Å². The number of aryl methyl sites for hydroxylation is 1. The molecule has 1 heterocycles. The van der Waals surface area contributed by atoms with Crippen LogP contribution in [-0.2, 0) is 30.1 Å². The smallest absolute Gasteiger partial charge is 0.0855 e. The van der Waals surface area contributed by atoms with Gasteiger partial charge in [-0.3, -0.25) is 0 Å². The van der Waals surface area contributed by atoms with Gasteiger partial charge in [0.15, 0.2) is 0 Å².